The van der Waals surface area contributed by atoms with Crippen LogP contribution in [0.1, 0.15) is 42.5 Å². The van der Waals surface area contributed by atoms with Gasteiger partial charge < -0.3 is 10.6 Å². The smallest absolute Gasteiger partial charge is 0.238 e. The molecule has 0 heterocycles. The first-order valence-corrected chi connectivity index (χ1v) is 10.1. The number of likely N-dealkylation sites (N-methyl/N-ethyl adjacent to an activating group) is 1. The second kappa shape index (κ2) is 9.65. The third-order valence-corrected chi connectivity index (χ3v) is 5.19. The Morgan fingerprint density at radius 1 is 1.03 bits per heavy atom. The van der Waals surface area contributed by atoms with E-state index < -0.39 is 5.82 Å². The largest absolute Gasteiger partial charge is 0.348 e. The van der Waals surface area contributed by atoms with E-state index in [1.54, 1.807) is 18.0 Å². The van der Waals surface area contributed by atoms with Crippen molar-refractivity contribution in [1.29, 1.82) is 0 Å². The molecule has 0 saturated carbocycles. The van der Waals surface area contributed by atoms with Gasteiger partial charge in [0.25, 0.3) is 0 Å². The third kappa shape index (κ3) is 6.12. The van der Waals surface area contributed by atoms with E-state index in [1.165, 1.54) is 42.2 Å². The molecular formula is C23H28FN3O2. The van der Waals surface area contributed by atoms with Crippen LogP contribution in [-0.4, -0.2) is 36.9 Å². The van der Waals surface area contributed by atoms with Crippen molar-refractivity contribution in [3.8, 4) is 0 Å². The van der Waals surface area contributed by atoms with Gasteiger partial charge in [-0.2, -0.15) is 0 Å². The Morgan fingerprint density at radius 2 is 1.76 bits per heavy atom. The lowest BCUT2D eigenvalue weighted by Gasteiger charge is -2.21. The normalized spacial score (nSPS) is 14.2. The number of anilines is 1. The van der Waals surface area contributed by atoms with Gasteiger partial charge in [0.2, 0.25) is 11.8 Å². The summed E-state index contributed by atoms with van der Waals surface area (Å²) < 4.78 is 13.2. The fourth-order valence-electron chi connectivity index (χ4n) is 3.71. The molecule has 3 rings (SSSR count). The fraction of sp³-hybridized carbons (Fsp3) is 0.391. The van der Waals surface area contributed by atoms with Crippen molar-refractivity contribution in [2.24, 2.45) is 0 Å². The molecule has 0 saturated heterocycles. The fourth-order valence-corrected chi connectivity index (χ4v) is 3.71. The summed E-state index contributed by atoms with van der Waals surface area (Å²) in [6.07, 6.45) is 4.71. The topological polar surface area (TPSA) is 61.4 Å². The van der Waals surface area contributed by atoms with Crippen molar-refractivity contribution < 1.29 is 14.0 Å². The van der Waals surface area contributed by atoms with E-state index in [1.807, 2.05) is 6.92 Å². The molecule has 1 aliphatic carbocycles. The van der Waals surface area contributed by atoms with Crippen LogP contribution in [0.4, 0.5) is 10.1 Å². The summed E-state index contributed by atoms with van der Waals surface area (Å²) in [5.74, 6) is -0.850. The molecule has 0 bridgehead atoms. The first-order chi connectivity index (χ1) is 13.9. The third-order valence-electron chi connectivity index (χ3n) is 5.19. The van der Waals surface area contributed by atoms with Gasteiger partial charge in [0.15, 0.2) is 0 Å². The summed E-state index contributed by atoms with van der Waals surface area (Å²) in [5.41, 5.74) is 4.31. The van der Waals surface area contributed by atoms with Crippen molar-refractivity contribution in [3.63, 3.8) is 0 Å². The maximum absolute atomic E-state index is 13.2. The van der Waals surface area contributed by atoms with Crippen LogP contribution >= 0.6 is 0 Å². The van der Waals surface area contributed by atoms with Crippen LogP contribution in [0, 0.1) is 5.82 Å². The Hall–Kier alpha value is -2.73. The van der Waals surface area contributed by atoms with Crippen molar-refractivity contribution in [1.82, 2.24) is 10.2 Å². The number of halogens is 1. The molecule has 0 spiro atoms. The zero-order chi connectivity index (χ0) is 20.8. The van der Waals surface area contributed by atoms with Crippen LogP contribution in [0.15, 0.2) is 42.5 Å². The minimum atomic E-state index is -0.410. The number of carbonyl (C=O) groups excluding carboxylic acids is 2. The molecule has 0 radical (unpaired) electrons. The minimum Gasteiger partial charge on any atom is -0.348 e. The number of rotatable bonds is 7. The highest BCUT2D eigenvalue weighted by molar-refractivity contribution is 5.92. The molecule has 2 aromatic carbocycles. The molecular weight excluding hydrogens is 369 g/mol. The van der Waals surface area contributed by atoms with Gasteiger partial charge in [0.1, 0.15) is 5.82 Å². The van der Waals surface area contributed by atoms with Crippen LogP contribution in [0.3, 0.4) is 0 Å². The Bertz CT molecular complexity index is 884. The summed E-state index contributed by atoms with van der Waals surface area (Å²) in [6.45, 7) is 2.11. The molecule has 2 aromatic rings. The predicted octanol–water partition coefficient (Wildman–Crippen LogP) is 3.45. The summed E-state index contributed by atoms with van der Waals surface area (Å²) in [5, 5.41) is 5.63. The number of nitrogens with one attached hydrogen (secondary N) is 2. The summed E-state index contributed by atoms with van der Waals surface area (Å²) >= 11 is 0. The van der Waals surface area contributed by atoms with Crippen LogP contribution in [0.2, 0.25) is 0 Å². The monoisotopic (exact) mass is 397 g/mol. The highest BCUT2D eigenvalue weighted by atomic mass is 19.1. The van der Waals surface area contributed by atoms with Gasteiger partial charge in [-0.05, 0) is 74.5 Å². The van der Waals surface area contributed by atoms with Gasteiger partial charge in [-0.25, -0.2) is 4.39 Å². The van der Waals surface area contributed by atoms with Crippen LogP contribution in [0.25, 0.3) is 0 Å². The zero-order valence-electron chi connectivity index (χ0n) is 17.0. The van der Waals surface area contributed by atoms with E-state index in [0.717, 1.165) is 18.4 Å². The first kappa shape index (κ1) is 21.0. The second-order valence-corrected chi connectivity index (χ2v) is 7.76. The van der Waals surface area contributed by atoms with E-state index in [9.17, 15) is 14.0 Å². The number of carbonyl (C=O) groups is 2. The van der Waals surface area contributed by atoms with Crippen molar-refractivity contribution in [2.45, 2.75) is 38.6 Å². The highest BCUT2D eigenvalue weighted by Gasteiger charge is 2.16. The molecule has 29 heavy (non-hydrogen) atoms. The SMILES string of the molecule is C[C@@H](NC(=O)CN(C)CC(=O)Nc1cccc(F)c1)c1ccc2c(c1)CCCC2. The van der Waals surface area contributed by atoms with E-state index in [4.69, 9.17) is 0 Å². The van der Waals surface area contributed by atoms with Crippen LogP contribution in [-0.2, 0) is 22.4 Å². The molecule has 5 nitrogen and oxygen atoms in total. The van der Waals surface area contributed by atoms with E-state index in [0.29, 0.717) is 5.69 Å². The lowest BCUT2D eigenvalue weighted by Crippen LogP contribution is -2.39. The molecule has 0 fully saturated rings. The first-order valence-electron chi connectivity index (χ1n) is 10.1. The van der Waals surface area contributed by atoms with Crippen molar-refractivity contribution >= 4 is 17.5 Å². The van der Waals surface area contributed by atoms with Gasteiger partial charge in [0, 0.05) is 5.69 Å². The number of hydrogen-bond donors (Lipinski definition) is 2. The number of amides is 2. The van der Waals surface area contributed by atoms with Gasteiger partial charge >= 0.3 is 0 Å². The average molecular weight is 397 g/mol. The lowest BCUT2D eigenvalue weighted by molar-refractivity contribution is -0.123. The summed E-state index contributed by atoms with van der Waals surface area (Å²) in [6, 6.07) is 12.1. The quantitative estimate of drug-likeness (QED) is 0.752. The van der Waals surface area contributed by atoms with Crippen LogP contribution in [0.5, 0.6) is 0 Å². The lowest BCUT2D eigenvalue weighted by atomic mass is 9.89. The number of fused-ring (bicyclic) bond motifs is 1. The van der Waals surface area contributed by atoms with E-state index in [2.05, 4.69) is 28.8 Å². The molecule has 154 valence electrons. The van der Waals surface area contributed by atoms with Crippen molar-refractivity contribution in [2.75, 3.05) is 25.5 Å². The Balaban J connectivity index is 1.47. The van der Waals surface area contributed by atoms with Gasteiger partial charge in [-0.3, -0.25) is 14.5 Å². The molecule has 2 N–H and O–H groups in total. The average Bonchev–Trinajstić information content (AvgIpc) is 2.67. The number of nitrogens with zero attached hydrogens (tertiary/aromatic N) is 1. The zero-order valence-corrected chi connectivity index (χ0v) is 17.0. The van der Waals surface area contributed by atoms with Gasteiger partial charge in [0.05, 0.1) is 19.1 Å². The molecule has 0 unspecified atom stereocenters. The number of benzene rings is 2. The molecule has 2 amide bonds. The van der Waals surface area contributed by atoms with Gasteiger partial charge in [-0.1, -0.05) is 24.3 Å². The minimum absolute atomic E-state index is 0.0388. The Morgan fingerprint density at radius 3 is 2.52 bits per heavy atom. The number of hydrogen-bond acceptors (Lipinski definition) is 3. The molecule has 1 aliphatic rings. The second-order valence-electron chi connectivity index (χ2n) is 7.76. The van der Waals surface area contributed by atoms with Crippen LogP contribution < -0.4 is 10.6 Å². The van der Waals surface area contributed by atoms with Crippen molar-refractivity contribution in [3.05, 3.63) is 65.0 Å². The van der Waals surface area contributed by atoms with E-state index >= 15 is 0 Å². The molecule has 0 aromatic heterocycles. The van der Waals surface area contributed by atoms with E-state index in [-0.39, 0.29) is 30.9 Å². The number of aryl methyl sites for hydroxylation is 2. The van der Waals surface area contributed by atoms with Gasteiger partial charge in [-0.15, -0.1) is 0 Å². The molecule has 1 atom stereocenters. The highest BCUT2D eigenvalue weighted by Crippen LogP contribution is 2.24. The predicted molar refractivity (Wildman–Crippen MR) is 112 cm³/mol. The maximum atomic E-state index is 13.2. The Kier molecular flexibility index (Phi) is 6.99. The molecule has 0 aliphatic heterocycles. The maximum Gasteiger partial charge on any atom is 0.238 e. The summed E-state index contributed by atoms with van der Waals surface area (Å²) in [7, 11) is 1.70. The standard InChI is InChI=1S/C23H28FN3O2/c1-16(18-11-10-17-6-3-4-7-19(17)12-18)25-22(28)14-27(2)15-23(29)26-21-9-5-8-20(24)13-21/h5,8-13,16H,3-4,6-7,14-15H2,1-2H3,(H,25,28)(H,26,29)/t16-/m1/s1. The summed E-state index contributed by atoms with van der Waals surface area (Å²) in [4.78, 5) is 26.1. The Labute approximate surface area is 171 Å². The molecule has 6 heteroatoms.